The third kappa shape index (κ3) is 1.22. The van der Waals surface area contributed by atoms with E-state index in [1.54, 1.807) is 0 Å². The highest BCUT2D eigenvalue weighted by Gasteiger charge is 2.43. The third-order valence-corrected chi connectivity index (χ3v) is 3.90. The largest absolute Gasteiger partial charge is 0.365 e. The molecule has 3 rings (SSSR count). The minimum atomic E-state index is 0.250. The van der Waals surface area contributed by atoms with Crippen molar-refractivity contribution in [1.82, 2.24) is 9.97 Å². The summed E-state index contributed by atoms with van der Waals surface area (Å²) >= 11 is 0. The predicted octanol–water partition coefficient (Wildman–Crippen LogP) is 1.88. The zero-order valence-corrected chi connectivity index (χ0v) is 10.2. The number of nitrogens with zero attached hydrogens (tertiary/aromatic N) is 3. The molecule has 1 fully saturated rings. The summed E-state index contributed by atoms with van der Waals surface area (Å²) in [7, 11) is 0. The molecule has 0 unspecified atom stereocenters. The van der Waals surface area contributed by atoms with Crippen molar-refractivity contribution < 1.29 is 0 Å². The van der Waals surface area contributed by atoms with Gasteiger partial charge in [-0.05, 0) is 26.7 Å². The van der Waals surface area contributed by atoms with E-state index in [1.807, 2.05) is 6.92 Å². The second-order valence-corrected chi connectivity index (χ2v) is 4.98. The van der Waals surface area contributed by atoms with Gasteiger partial charge in [0, 0.05) is 13.1 Å². The van der Waals surface area contributed by atoms with E-state index in [0.717, 1.165) is 36.8 Å². The molecule has 2 bridgehead atoms. The van der Waals surface area contributed by atoms with Gasteiger partial charge in [0.25, 0.3) is 0 Å². The summed E-state index contributed by atoms with van der Waals surface area (Å²) in [4.78, 5) is 11.4. The van der Waals surface area contributed by atoms with Crippen molar-refractivity contribution in [2.24, 2.45) is 0 Å². The fraction of sp³-hybridized carbons (Fsp3) is 0.667. The molecule has 0 aliphatic carbocycles. The SMILES string of the molecule is CC[C@]12CCN(C1)c1c(C)nc(C)nc1N2. The first-order valence-electron chi connectivity index (χ1n) is 6.02. The number of anilines is 2. The van der Waals surface area contributed by atoms with E-state index in [2.05, 4.69) is 34.0 Å². The van der Waals surface area contributed by atoms with Crippen LogP contribution in [0.4, 0.5) is 11.5 Å². The summed E-state index contributed by atoms with van der Waals surface area (Å²) in [6.45, 7) is 8.51. The fourth-order valence-corrected chi connectivity index (χ4v) is 2.97. The third-order valence-electron chi connectivity index (χ3n) is 3.90. The van der Waals surface area contributed by atoms with Crippen molar-refractivity contribution in [2.75, 3.05) is 23.3 Å². The van der Waals surface area contributed by atoms with Crippen LogP contribution in [0.25, 0.3) is 0 Å². The maximum absolute atomic E-state index is 4.54. The molecule has 2 aliphatic heterocycles. The molecular weight excluding hydrogens is 200 g/mol. The van der Waals surface area contributed by atoms with E-state index in [4.69, 9.17) is 0 Å². The van der Waals surface area contributed by atoms with Crippen LogP contribution in [0.2, 0.25) is 0 Å². The van der Waals surface area contributed by atoms with Crippen molar-refractivity contribution in [3.8, 4) is 0 Å². The smallest absolute Gasteiger partial charge is 0.154 e. The fourth-order valence-electron chi connectivity index (χ4n) is 2.97. The lowest BCUT2D eigenvalue weighted by Gasteiger charge is -2.37. The number of rotatable bonds is 1. The molecule has 1 N–H and O–H groups in total. The second-order valence-electron chi connectivity index (χ2n) is 4.98. The number of hydrogen-bond acceptors (Lipinski definition) is 4. The average Bonchev–Trinajstić information content (AvgIpc) is 2.56. The lowest BCUT2D eigenvalue weighted by atomic mass is 9.94. The van der Waals surface area contributed by atoms with Crippen LogP contribution in [-0.2, 0) is 0 Å². The first-order valence-corrected chi connectivity index (χ1v) is 6.02. The molecule has 2 aliphatic rings. The maximum Gasteiger partial charge on any atom is 0.154 e. The highest BCUT2D eigenvalue weighted by Crippen LogP contribution is 2.42. The lowest BCUT2D eigenvalue weighted by Crippen LogP contribution is -2.45. The zero-order valence-electron chi connectivity index (χ0n) is 10.2. The Bertz CT molecular complexity index is 443. The molecular formula is C12H18N4. The summed E-state index contributed by atoms with van der Waals surface area (Å²) in [5.41, 5.74) is 2.56. The summed E-state index contributed by atoms with van der Waals surface area (Å²) < 4.78 is 0. The molecule has 1 aromatic heterocycles. The molecule has 1 aromatic rings. The van der Waals surface area contributed by atoms with E-state index in [9.17, 15) is 0 Å². The van der Waals surface area contributed by atoms with Crippen LogP contribution in [-0.4, -0.2) is 28.6 Å². The Hall–Kier alpha value is -1.32. The van der Waals surface area contributed by atoms with E-state index in [-0.39, 0.29) is 5.54 Å². The molecule has 1 atom stereocenters. The standard InChI is InChI=1S/C12H18N4/c1-4-12-5-6-16(7-12)10-8(2)13-9(3)14-11(10)15-12/h4-7H2,1-3H3,(H,13,14,15)/t12-/m0/s1. The van der Waals surface area contributed by atoms with Crippen molar-refractivity contribution in [3.63, 3.8) is 0 Å². The summed E-state index contributed by atoms with van der Waals surface area (Å²) in [6.07, 6.45) is 2.36. The Morgan fingerprint density at radius 2 is 2.19 bits per heavy atom. The van der Waals surface area contributed by atoms with Crippen LogP contribution in [0.3, 0.4) is 0 Å². The minimum Gasteiger partial charge on any atom is -0.365 e. The van der Waals surface area contributed by atoms with Gasteiger partial charge in [-0.3, -0.25) is 0 Å². The molecule has 0 radical (unpaired) electrons. The van der Waals surface area contributed by atoms with Gasteiger partial charge < -0.3 is 10.2 Å². The van der Waals surface area contributed by atoms with Crippen LogP contribution < -0.4 is 10.2 Å². The molecule has 3 heterocycles. The summed E-state index contributed by atoms with van der Waals surface area (Å²) in [5, 5.41) is 3.64. The molecule has 1 saturated heterocycles. The van der Waals surface area contributed by atoms with Gasteiger partial charge in [-0.2, -0.15) is 0 Å². The zero-order chi connectivity index (χ0) is 11.3. The molecule has 0 amide bonds. The Kier molecular flexibility index (Phi) is 1.91. The number of fused-ring (bicyclic) bond motifs is 4. The molecule has 16 heavy (non-hydrogen) atoms. The summed E-state index contributed by atoms with van der Waals surface area (Å²) in [5.74, 6) is 1.90. The topological polar surface area (TPSA) is 41.1 Å². The van der Waals surface area contributed by atoms with Gasteiger partial charge >= 0.3 is 0 Å². The molecule has 86 valence electrons. The van der Waals surface area contributed by atoms with Crippen molar-refractivity contribution in [1.29, 1.82) is 0 Å². The molecule has 4 nitrogen and oxygen atoms in total. The molecule has 0 saturated carbocycles. The first-order chi connectivity index (χ1) is 7.63. The van der Waals surface area contributed by atoms with Gasteiger partial charge in [-0.25, -0.2) is 9.97 Å². The van der Waals surface area contributed by atoms with E-state index < -0.39 is 0 Å². The van der Waals surface area contributed by atoms with Crippen LogP contribution >= 0.6 is 0 Å². The predicted molar refractivity (Wildman–Crippen MR) is 65.0 cm³/mol. The monoisotopic (exact) mass is 218 g/mol. The van der Waals surface area contributed by atoms with Crippen LogP contribution in [0.1, 0.15) is 31.3 Å². The number of hydrogen-bond donors (Lipinski definition) is 1. The van der Waals surface area contributed by atoms with Crippen LogP contribution in [0.5, 0.6) is 0 Å². The highest BCUT2D eigenvalue weighted by atomic mass is 15.3. The van der Waals surface area contributed by atoms with Gasteiger partial charge in [0.15, 0.2) is 5.82 Å². The van der Waals surface area contributed by atoms with Crippen LogP contribution in [0, 0.1) is 13.8 Å². The average molecular weight is 218 g/mol. The van der Waals surface area contributed by atoms with E-state index in [1.165, 1.54) is 12.1 Å². The first kappa shape index (κ1) is 9.87. The highest BCUT2D eigenvalue weighted by molar-refractivity contribution is 5.73. The number of aryl methyl sites for hydroxylation is 2. The molecule has 0 aromatic carbocycles. The normalized spacial score (nSPS) is 26.6. The van der Waals surface area contributed by atoms with E-state index >= 15 is 0 Å². The van der Waals surface area contributed by atoms with Gasteiger partial charge in [0.2, 0.25) is 0 Å². The maximum atomic E-state index is 4.54. The van der Waals surface area contributed by atoms with Crippen LogP contribution in [0.15, 0.2) is 0 Å². The Labute approximate surface area is 96.1 Å². The Morgan fingerprint density at radius 1 is 1.38 bits per heavy atom. The second kappa shape index (κ2) is 3.09. The van der Waals surface area contributed by atoms with Crippen molar-refractivity contribution in [2.45, 2.75) is 39.2 Å². The Morgan fingerprint density at radius 3 is 2.94 bits per heavy atom. The molecule has 0 spiro atoms. The lowest BCUT2D eigenvalue weighted by molar-refractivity contribution is 0.491. The number of aromatic nitrogens is 2. The van der Waals surface area contributed by atoms with Gasteiger partial charge in [0.05, 0.1) is 11.2 Å². The number of nitrogens with one attached hydrogen (secondary N) is 1. The van der Waals surface area contributed by atoms with Gasteiger partial charge in [0.1, 0.15) is 11.5 Å². The van der Waals surface area contributed by atoms with E-state index in [0.29, 0.717) is 0 Å². The van der Waals surface area contributed by atoms with Gasteiger partial charge in [-0.15, -0.1) is 0 Å². The molecule has 4 heteroatoms. The van der Waals surface area contributed by atoms with Crippen molar-refractivity contribution in [3.05, 3.63) is 11.5 Å². The van der Waals surface area contributed by atoms with Gasteiger partial charge in [-0.1, -0.05) is 6.92 Å². The quantitative estimate of drug-likeness (QED) is 0.781. The summed E-state index contributed by atoms with van der Waals surface area (Å²) in [6, 6.07) is 0. The minimum absolute atomic E-state index is 0.250. The van der Waals surface area contributed by atoms with Crippen molar-refractivity contribution >= 4 is 11.5 Å². The Balaban J connectivity index is 2.13.